The van der Waals surface area contributed by atoms with Gasteiger partial charge in [-0.3, -0.25) is 4.40 Å². The third kappa shape index (κ3) is 2.76. The van der Waals surface area contributed by atoms with Crippen LogP contribution in [0.25, 0.3) is 39.2 Å². The molecule has 0 radical (unpaired) electrons. The van der Waals surface area contributed by atoms with E-state index < -0.39 is 0 Å². The first-order valence-corrected chi connectivity index (χ1v) is 9.23. The molecule has 0 amide bonds. The monoisotopic (exact) mass is 399 g/mol. The fourth-order valence-corrected chi connectivity index (χ4v) is 3.58. The molecule has 3 aromatic carbocycles. The lowest BCUT2D eigenvalue weighted by Gasteiger charge is -2.14. The maximum atomic E-state index is 10.6. The number of ether oxygens (including phenoxy) is 1. The summed E-state index contributed by atoms with van der Waals surface area (Å²) in [5, 5.41) is 31.0. The number of hydrogen-bond donors (Lipinski definition) is 3. The Balaban J connectivity index is 1.87. The first-order chi connectivity index (χ1) is 14.5. The first-order valence-electron chi connectivity index (χ1n) is 9.23. The Bertz CT molecular complexity index is 1380. The van der Waals surface area contributed by atoms with Gasteiger partial charge in [-0.2, -0.15) is 0 Å². The third-order valence-electron chi connectivity index (χ3n) is 5.02. The van der Waals surface area contributed by atoms with Gasteiger partial charge in [-0.05, 0) is 29.8 Å². The molecule has 30 heavy (non-hydrogen) atoms. The lowest BCUT2D eigenvalue weighted by atomic mass is 9.99. The number of phenolic OH excluding ortho intramolecular Hbond substituents is 3. The summed E-state index contributed by atoms with van der Waals surface area (Å²) < 4.78 is 6.98. The summed E-state index contributed by atoms with van der Waals surface area (Å²) in [5.41, 5.74) is 3.61. The van der Waals surface area contributed by atoms with Crippen LogP contribution in [0.3, 0.4) is 0 Å². The third-order valence-corrected chi connectivity index (χ3v) is 5.02. The fraction of sp³-hybridized carbons (Fsp3) is 0.0435. The largest absolute Gasteiger partial charge is 0.508 e. The Morgan fingerprint density at radius 2 is 1.57 bits per heavy atom. The maximum absolute atomic E-state index is 10.6. The van der Waals surface area contributed by atoms with Crippen LogP contribution in [0, 0.1) is 0 Å². The molecule has 0 aliphatic carbocycles. The first kappa shape index (κ1) is 17.8. The van der Waals surface area contributed by atoms with Crippen molar-refractivity contribution in [3.05, 3.63) is 66.9 Å². The highest BCUT2D eigenvalue weighted by Gasteiger charge is 2.21. The molecule has 0 bridgehead atoms. The number of fused-ring (bicyclic) bond motifs is 3. The Morgan fingerprint density at radius 3 is 2.27 bits per heavy atom. The number of benzene rings is 3. The van der Waals surface area contributed by atoms with E-state index in [1.165, 1.54) is 19.2 Å². The van der Waals surface area contributed by atoms with Crippen LogP contribution in [0.2, 0.25) is 0 Å². The average molecular weight is 399 g/mol. The van der Waals surface area contributed by atoms with Crippen molar-refractivity contribution in [3.8, 4) is 45.4 Å². The van der Waals surface area contributed by atoms with Crippen molar-refractivity contribution in [2.75, 3.05) is 7.11 Å². The Kier molecular flexibility index (Phi) is 3.96. The summed E-state index contributed by atoms with van der Waals surface area (Å²) in [7, 11) is 1.45. The number of aromatic nitrogens is 3. The van der Waals surface area contributed by atoms with Crippen LogP contribution in [0.15, 0.2) is 66.9 Å². The normalized spacial score (nSPS) is 11.2. The van der Waals surface area contributed by atoms with E-state index in [0.717, 1.165) is 16.6 Å². The molecule has 0 saturated carbocycles. The van der Waals surface area contributed by atoms with Gasteiger partial charge in [0.15, 0.2) is 0 Å². The van der Waals surface area contributed by atoms with Crippen molar-refractivity contribution in [1.29, 1.82) is 0 Å². The number of rotatable bonds is 3. The van der Waals surface area contributed by atoms with Crippen molar-refractivity contribution >= 4 is 16.8 Å². The zero-order valence-corrected chi connectivity index (χ0v) is 15.9. The molecule has 0 spiro atoms. The Labute approximate surface area is 171 Å². The second kappa shape index (κ2) is 6.66. The van der Waals surface area contributed by atoms with Crippen molar-refractivity contribution in [2.24, 2.45) is 0 Å². The molecule has 7 heteroatoms. The van der Waals surface area contributed by atoms with Gasteiger partial charge in [0.1, 0.15) is 23.0 Å². The van der Waals surface area contributed by atoms with Gasteiger partial charge in [0, 0.05) is 23.9 Å². The van der Waals surface area contributed by atoms with E-state index in [1.54, 1.807) is 24.3 Å². The number of phenols is 3. The van der Waals surface area contributed by atoms with Crippen molar-refractivity contribution in [3.63, 3.8) is 0 Å². The zero-order chi connectivity index (χ0) is 20.8. The topological polar surface area (TPSA) is 100 Å². The van der Waals surface area contributed by atoms with Crippen molar-refractivity contribution in [1.82, 2.24) is 14.4 Å². The number of methoxy groups -OCH3 is 1. The minimum absolute atomic E-state index is 0.137. The maximum Gasteiger partial charge on any atom is 0.235 e. The van der Waals surface area contributed by atoms with Crippen LogP contribution in [0.4, 0.5) is 0 Å². The predicted molar refractivity (Wildman–Crippen MR) is 113 cm³/mol. The highest BCUT2D eigenvalue weighted by atomic mass is 16.5. The quantitative estimate of drug-likeness (QED) is 0.417. The molecule has 7 nitrogen and oxygen atoms in total. The highest BCUT2D eigenvalue weighted by Crippen LogP contribution is 2.44. The second-order valence-corrected chi connectivity index (χ2v) is 6.86. The van der Waals surface area contributed by atoms with Crippen molar-refractivity contribution < 1.29 is 20.1 Å². The van der Waals surface area contributed by atoms with E-state index >= 15 is 0 Å². The van der Waals surface area contributed by atoms with Crippen LogP contribution in [0.5, 0.6) is 23.0 Å². The standard InChI is InChI=1S/C23H17N3O4/c1-30-15-10-19(28)21(20(29)11-15)22-16(13-6-8-14(27)9-7-13)12-26-18-5-3-2-4-17(18)24-23(26)25-22/h2-12,27-29H,1H3. The molecule has 0 atom stereocenters. The lowest BCUT2D eigenvalue weighted by Crippen LogP contribution is -1.97. The van der Waals surface area contributed by atoms with Gasteiger partial charge in [-0.15, -0.1) is 0 Å². The van der Waals surface area contributed by atoms with Crippen LogP contribution >= 0.6 is 0 Å². The molecule has 2 heterocycles. The van der Waals surface area contributed by atoms with E-state index in [0.29, 0.717) is 22.8 Å². The summed E-state index contributed by atoms with van der Waals surface area (Å²) in [6, 6.07) is 17.1. The minimum atomic E-state index is -0.167. The number of nitrogens with zero attached hydrogens (tertiary/aromatic N) is 3. The molecule has 0 unspecified atom stereocenters. The van der Waals surface area contributed by atoms with E-state index in [4.69, 9.17) is 4.74 Å². The highest BCUT2D eigenvalue weighted by molar-refractivity contribution is 5.89. The number of hydrogen-bond acceptors (Lipinski definition) is 6. The molecular weight excluding hydrogens is 382 g/mol. The zero-order valence-electron chi connectivity index (χ0n) is 15.9. The molecule has 5 aromatic rings. The molecule has 0 saturated heterocycles. The summed E-state index contributed by atoms with van der Waals surface area (Å²) in [4.78, 5) is 9.25. The molecule has 3 N–H and O–H groups in total. The molecule has 148 valence electrons. The smallest absolute Gasteiger partial charge is 0.235 e. The van der Waals surface area contributed by atoms with Crippen LogP contribution < -0.4 is 4.74 Å². The lowest BCUT2D eigenvalue weighted by molar-refractivity contribution is 0.399. The number of para-hydroxylation sites is 2. The van der Waals surface area contributed by atoms with Gasteiger partial charge < -0.3 is 20.1 Å². The molecule has 0 aliphatic rings. The molecular formula is C23H17N3O4. The Morgan fingerprint density at radius 1 is 0.867 bits per heavy atom. The van der Waals surface area contributed by atoms with E-state index in [9.17, 15) is 15.3 Å². The summed E-state index contributed by atoms with van der Waals surface area (Å²) >= 11 is 0. The number of imidazole rings is 1. The van der Waals surface area contributed by atoms with Gasteiger partial charge in [-0.25, -0.2) is 9.97 Å². The van der Waals surface area contributed by atoms with Gasteiger partial charge >= 0.3 is 0 Å². The SMILES string of the molecule is COc1cc(O)c(-c2nc3nc4ccccc4n3cc2-c2ccc(O)cc2)c(O)c1. The Hall–Kier alpha value is -4.26. The van der Waals surface area contributed by atoms with Crippen LogP contribution in [-0.2, 0) is 0 Å². The minimum Gasteiger partial charge on any atom is -0.508 e. The average Bonchev–Trinajstić information content (AvgIpc) is 3.11. The van der Waals surface area contributed by atoms with Crippen molar-refractivity contribution in [2.45, 2.75) is 0 Å². The van der Waals surface area contributed by atoms with E-state index in [1.807, 2.05) is 34.9 Å². The summed E-state index contributed by atoms with van der Waals surface area (Å²) in [6.45, 7) is 0. The van der Waals surface area contributed by atoms with Crippen LogP contribution in [-0.4, -0.2) is 36.8 Å². The summed E-state index contributed by atoms with van der Waals surface area (Å²) in [6.07, 6.45) is 1.86. The second-order valence-electron chi connectivity index (χ2n) is 6.86. The van der Waals surface area contributed by atoms with E-state index in [-0.39, 0.29) is 22.8 Å². The summed E-state index contributed by atoms with van der Waals surface area (Å²) in [5.74, 6) is 0.563. The van der Waals surface area contributed by atoms with E-state index in [2.05, 4.69) is 9.97 Å². The predicted octanol–water partition coefficient (Wildman–Crippen LogP) is 4.34. The molecule has 0 fully saturated rings. The van der Waals surface area contributed by atoms with Gasteiger partial charge in [-0.1, -0.05) is 24.3 Å². The molecule has 0 aliphatic heterocycles. The van der Waals surface area contributed by atoms with Crippen LogP contribution in [0.1, 0.15) is 0 Å². The van der Waals surface area contributed by atoms with Gasteiger partial charge in [0.25, 0.3) is 0 Å². The fourth-order valence-electron chi connectivity index (χ4n) is 3.58. The van der Waals surface area contributed by atoms with Gasteiger partial charge in [0.05, 0.1) is 29.4 Å². The molecule has 5 rings (SSSR count). The molecule has 2 aromatic heterocycles. The number of aromatic hydroxyl groups is 3. The van der Waals surface area contributed by atoms with Gasteiger partial charge in [0.2, 0.25) is 5.78 Å².